The average Bonchev–Trinajstić information content (AvgIpc) is 2.52. The molecule has 2 heterocycles. The number of nitrogens with two attached hydrogens (primary N) is 1. The van der Waals surface area contributed by atoms with E-state index in [1.807, 2.05) is 31.5 Å². The van der Waals surface area contributed by atoms with Crippen molar-refractivity contribution in [1.29, 1.82) is 0 Å². The first kappa shape index (κ1) is 8.07. The third-order valence-electron chi connectivity index (χ3n) is 1.97. The Morgan fingerprint density at radius 3 is 2.92 bits per heavy atom. The van der Waals surface area contributed by atoms with E-state index in [1.54, 1.807) is 11.2 Å². The van der Waals surface area contributed by atoms with Crippen LogP contribution in [-0.4, -0.2) is 16.7 Å². The molecule has 0 atom stereocenters. The number of rotatable bonds is 1. The lowest BCUT2D eigenvalue weighted by Crippen LogP contribution is -2.29. The van der Waals surface area contributed by atoms with Crippen molar-refractivity contribution >= 4 is 5.69 Å². The molecule has 68 valence electrons. The molecule has 13 heavy (non-hydrogen) atoms. The van der Waals surface area contributed by atoms with Gasteiger partial charge in [-0.2, -0.15) is 0 Å². The minimum Gasteiger partial charge on any atom is -0.327 e. The molecule has 1 aliphatic rings. The van der Waals surface area contributed by atoms with Crippen molar-refractivity contribution in [3.63, 3.8) is 0 Å². The van der Waals surface area contributed by atoms with Crippen LogP contribution in [0.3, 0.4) is 0 Å². The molecular formula is C9H12N4. The fraction of sp³-hybridized carbons (Fsp3) is 0.222. The van der Waals surface area contributed by atoms with Gasteiger partial charge >= 0.3 is 0 Å². The Hall–Kier alpha value is -1.55. The van der Waals surface area contributed by atoms with Crippen LogP contribution in [-0.2, 0) is 0 Å². The zero-order chi connectivity index (χ0) is 9.26. The quantitative estimate of drug-likeness (QED) is 0.643. The Morgan fingerprint density at radius 1 is 1.46 bits per heavy atom. The number of nitrogens with zero attached hydrogens (tertiary/aromatic N) is 3. The molecule has 0 saturated carbocycles. The first-order valence-corrected chi connectivity index (χ1v) is 4.15. The molecule has 1 aromatic rings. The highest BCUT2D eigenvalue weighted by molar-refractivity contribution is 5.50. The number of hydrogen-bond acceptors (Lipinski definition) is 4. The van der Waals surface area contributed by atoms with Gasteiger partial charge in [0.2, 0.25) is 0 Å². The summed E-state index contributed by atoms with van der Waals surface area (Å²) in [6.07, 6.45) is 5.60. The molecule has 4 heteroatoms. The van der Waals surface area contributed by atoms with Crippen LogP contribution in [0.1, 0.15) is 5.69 Å². The lowest BCUT2D eigenvalue weighted by Gasteiger charge is -2.17. The summed E-state index contributed by atoms with van der Waals surface area (Å²) in [5, 5.41) is 1.63. The van der Waals surface area contributed by atoms with Gasteiger partial charge in [-0.1, -0.05) is 0 Å². The molecule has 0 amide bonds. The zero-order valence-corrected chi connectivity index (χ0v) is 7.51. The van der Waals surface area contributed by atoms with Crippen LogP contribution in [0.15, 0.2) is 30.7 Å². The monoisotopic (exact) mass is 176 g/mol. The number of anilines is 1. The molecule has 0 aliphatic carbocycles. The Labute approximate surface area is 77.2 Å². The Bertz CT molecular complexity index is 334. The highest BCUT2D eigenvalue weighted by Gasteiger charge is 2.10. The SMILES string of the molecule is Cc1cc(N2C=CN(N)C2)ccn1. The maximum Gasteiger partial charge on any atom is 0.109 e. The van der Waals surface area contributed by atoms with Crippen molar-refractivity contribution in [2.45, 2.75) is 6.92 Å². The maximum absolute atomic E-state index is 5.59. The fourth-order valence-electron chi connectivity index (χ4n) is 1.31. The van der Waals surface area contributed by atoms with Crippen molar-refractivity contribution in [1.82, 2.24) is 9.99 Å². The van der Waals surface area contributed by atoms with Crippen LogP contribution in [0.25, 0.3) is 0 Å². The van der Waals surface area contributed by atoms with Crippen LogP contribution in [0, 0.1) is 6.92 Å². The van der Waals surface area contributed by atoms with Crippen LogP contribution in [0.2, 0.25) is 0 Å². The van der Waals surface area contributed by atoms with Crippen LogP contribution in [0.4, 0.5) is 5.69 Å². The van der Waals surface area contributed by atoms with Gasteiger partial charge in [-0.05, 0) is 19.1 Å². The molecule has 0 radical (unpaired) electrons. The first-order chi connectivity index (χ1) is 6.25. The number of pyridine rings is 1. The highest BCUT2D eigenvalue weighted by Crippen LogP contribution is 2.17. The number of hydrogen-bond donors (Lipinski definition) is 1. The summed E-state index contributed by atoms with van der Waals surface area (Å²) in [4.78, 5) is 6.20. The van der Waals surface area contributed by atoms with E-state index in [-0.39, 0.29) is 0 Å². The molecule has 0 bridgehead atoms. The normalized spacial score (nSPS) is 15.5. The maximum atomic E-state index is 5.59. The highest BCUT2D eigenvalue weighted by atomic mass is 15.5. The standard InChI is InChI=1S/C9H12N4/c1-8-6-9(2-3-11-8)12-4-5-13(10)7-12/h2-6H,7,10H2,1H3. The van der Waals surface area contributed by atoms with Gasteiger partial charge in [-0.25, -0.2) is 5.84 Å². The van der Waals surface area contributed by atoms with Crippen molar-refractivity contribution < 1.29 is 0 Å². The second kappa shape index (κ2) is 3.06. The van der Waals surface area contributed by atoms with E-state index in [4.69, 9.17) is 5.84 Å². The lowest BCUT2D eigenvalue weighted by molar-refractivity contribution is 0.428. The summed E-state index contributed by atoms with van der Waals surface area (Å²) >= 11 is 0. The Morgan fingerprint density at radius 2 is 2.31 bits per heavy atom. The number of hydrazine groups is 1. The van der Waals surface area contributed by atoms with E-state index in [0.717, 1.165) is 11.4 Å². The van der Waals surface area contributed by atoms with Crippen molar-refractivity contribution in [3.8, 4) is 0 Å². The van der Waals surface area contributed by atoms with Gasteiger partial charge in [-0.15, -0.1) is 0 Å². The molecule has 1 aliphatic heterocycles. The molecule has 0 aromatic carbocycles. The van der Waals surface area contributed by atoms with Crippen LogP contribution >= 0.6 is 0 Å². The minimum atomic E-state index is 0.698. The predicted octanol–water partition coefficient (Wildman–Crippen LogP) is 0.814. The molecule has 0 fully saturated rings. The third-order valence-corrected chi connectivity index (χ3v) is 1.97. The first-order valence-electron chi connectivity index (χ1n) is 4.15. The fourth-order valence-corrected chi connectivity index (χ4v) is 1.31. The second-order valence-corrected chi connectivity index (χ2v) is 3.08. The van der Waals surface area contributed by atoms with E-state index in [1.165, 1.54) is 0 Å². The van der Waals surface area contributed by atoms with Gasteiger partial charge in [0.15, 0.2) is 0 Å². The zero-order valence-electron chi connectivity index (χ0n) is 7.51. The molecular weight excluding hydrogens is 164 g/mol. The Kier molecular flexibility index (Phi) is 1.90. The van der Waals surface area contributed by atoms with E-state index in [2.05, 4.69) is 9.88 Å². The third kappa shape index (κ3) is 1.62. The van der Waals surface area contributed by atoms with E-state index in [0.29, 0.717) is 6.67 Å². The summed E-state index contributed by atoms with van der Waals surface area (Å²) < 4.78 is 0. The smallest absolute Gasteiger partial charge is 0.109 e. The molecule has 4 nitrogen and oxygen atoms in total. The van der Waals surface area contributed by atoms with Gasteiger partial charge in [0.05, 0.1) is 0 Å². The second-order valence-electron chi connectivity index (χ2n) is 3.08. The van der Waals surface area contributed by atoms with Gasteiger partial charge in [0.1, 0.15) is 6.67 Å². The topological polar surface area (TPSA) is 45.4 Å². The van der Waals surface area contributed by atoms with Gasteiger partial charge in [-0.3, -0.25) is 9.99 Å². The predicted molar refractivity (Wildman–Crippen MR) is 51.5 cm³/mol. The number of aryl methyl sites for hydroxylation is 1. The van der Waals surface area contributed by atoms with Crippen molar-refractivity contribution in [3.05, 3.63) is 36.4 Å². The average molecular weight is 176 g/mol. The Balaban J connectivity index is 2.22. The summed E-state index contributed by atoms with van der Waals surface area (Å²) in [7, 11) is 0. The van der Waals surface area contributed by atoms with Crippen molar-refractivity contribution in [2.24, 2.45) is 5.84 Å². The molecule has 0 spiro atoms. The minimum absolute atomic E-state index is 0.698. The van der Waals surface area contributed by atoms with E-state index < -0.39 is 0 Å². The van der Waals surface area contributed by atoms with E-state index in [9.17, 15) is 0 Å². The van der Waals surface area contributed by atoms with E-state index >= 15 is 0 Å². The molecule has 0 saturated heterocycles. The van der Waals surface area contributed by atoms with Gasteiger partial charge < -0.3 is 4.90 Å². The van der Waals surface area contributed by atoms with Crippen LogP contribution < -0.4 is 10.7 Å². The molecule has 1 aromatic heterocycles. The van der Waals surface area contributed by atoms with Gasteiger partial charge in [0.25, 0.3) is 0 Å². The molecule has 0 unspecified atom stereocenters. The van der Waals surface area contributed by atoms with Gasteiger partial charge in [0, 0.05) is 30.0 Å². The molecule has 2 rings (SSSR count). The number of aromatic nitrogens is 1. The lowest BCUT2D eigenvalue weighted by atomic mass is 10.3. The summed E-state index contributed by atoms with van der Waals surface area (Å²) in [5.41, 5.74) is 2.14. The summed E-state index contributed by atoms with van der Waals surface area (Å²) in [5.74, 6) is 5.59. The summed E-state index contributed by atoms with van der Waals surface area (Å²) in [6, 6.07) is 4.00. The molecule has 2 N–H and O–H groups in total. The van der Waals surface area contributed by atoms with Crippen molar-refractivity contribution in [2.75, 3.05) is 11.6 Å². The summed E-state index contributed by atoms with van der Waals surface area (Å²) in [6.45, 7) is 2.67. The van der Waals surface area contributed by atoms with Crippen LogP contribution in [0.5, 0.6) is 0 Å². The largest absolute Gasteiger partial charge is 0.327 e.